The molecule has 1 saturated heterocycles. The van der Waals surface area contributed by atoms with Crippen LogP contribution in [0.4, 0.5) is 0 Å². The molecule has 0 aromatic rings. The SMILES string of the molecule is CCS(=O)(=O)N1CC(C)(CC#N)C1. The van der Waals surface area contributed by atoms with Gasteiger partial charge in [-0.3, -0.25) is 0 Å². The molecule has 0 aromatic heterocycles. The van der Waals surface area contributed by atoms with E-state index in [1.54, 1.807) is 6.92 Å². The van der Waals surface area contributed by atoms with Crippen molar-refractivity contribution in [2.45, 2.75) is 20.3 Å². The van der Waals surface area contributed by atoms with Gasteiger partial charge >= 0.3 is 0 Å². The van der Waals surface area contributed by atoms with E-state index in [2.05, 4.69) is 6.07 Å². The van der Waals surface area contributed by atoms with E-state index in [-0.39, 0.29) is 11.2 Å². The van der Waals surface area contributed by atoms with Gasteiger partial charge in [-0.15, -0.1) is 0 Å². The molecule has 0 radical (unpaired) electrons. The summed E-state index contributed by atoms with van der Waals surface area (Å²) >= 11 is 0. The molecule has 1 rings (SSSR count). The van der Waals surface area contributed by atoms with E-state index >= 15 is 0 Å². The Morgan fingerprint density at radius 3 is 2.46 bits per heavy atom. The van der Waals surface area contributed by atoms with E-state index < -0.39 is 10.0 Å². The summed E-state index contributed by atoms with van der Waals surface area (Å²) in [5.41, 5.74) is -0.114. The molecule has 1 fully saturated rings. The molecule has 1 aliphatic rings. The van der Waals surface area contributed by atoms with Gasteiger partial charge in [0.2, 0.25) is 10.0 Å². The predicted octanol–water partition coefficient (Wildman–Crippen LogP) is 0.572. The number of nitrogens with zero attached hydrogens (tertiary/aromatic N) is 2. The largest absolute Gasteiger partial charge is 0.213 e. The van der Waals surface area contributed by atoms with E-state index in [4.69, 9.17) is 5.26 Å². The third kappa shape index (κ3) is 2.01. The van der Waals surface area contributed by atoms with Crippen LogP contribution in [-0.2, 0) is 10.0 Å². The highest BCUT2D eigenvalue weighted by molar-refractivity contribution is 7.89. The molecule has 0 bridgehead atoms. The van der Waals surface area contributed by atoms with Crippen molar-refractivity contribution < 1.29 is 8.42 Å². The molecule has 0 N–H and O–H groups in total. The van der Waals surface area contributed by atoms with Gasteiger partial charge in [0.15, 0.2) is 0 Å². The Labute approximate surface area is 79.2 Å². The van der Waals surface area contributed by atoms with E-state index in [1.165, 1.54) is 4.31 Å². The Kier molecular flexibility index (Phi) is 2.64. The van der Waals surface area contributed by atoms with Crippen LogP contribution in [0.1, 0.15) is 20.3 Å². The Hall–Kier alpha value is -0.600. The summed E-state index contributed by atoms with van der Waals surface area (Å²) in [7, 11) is -3.03. The number of hydrogen-bond acceptors (Lipinski definition) is 3. The number of hydrogen-bond donors (Lipinski definition) is 0. The average molecular weight is 202 g/mol. The molecule has 0 saturated carbocycles. The zero-order chi connectivity index (χ0) is 10.1. The predicted molar refractivity (Wildman–Crippen MR) is 49.4 cm³/mol. The van der Waals surface area contributed by atoms with Crippen LogP contribution in [-0.4, -0.2) is 31.6 Å². The third-order valence-corrected chi connectivity index (χ3v) is 4.15. The van der Waals surface area contributed by atoms with Crippen LogP contribution in [0.3, 0.4) is 0 Å². The van der Waals surface area contributed by atoms with Crippen molar-refractivity contribution >= 4 is 10.0 Å². The minimum Gasteiger partial charge on any atom is -0.212 e. The van der Waals surface area contributed by atoms with Gasteiger partial charge in [-0.25, -0.2) is 12.7 Å². The Morgan fingerprint density at radius 2 is 2.08 bits per heavy atom. The van der Waals surface area contributed by atoms with Gasteiger partial charge in [-0.05, 0) is 6.92 Å². The maximum Gasteiger partial charge on any atom is 0.213 e. The molecule has 0 spiro atoms. The summed E-state index contributed by atoms with van der Waals surface area (Å²) in [4.78, 5) is 0. The fraction of sp³-hybridized carbons (Fsp3) is 0.875. The zero-order valence-electron chi connectivity index (χ0n) is 7.95. The molecule has 0 atom stereocenters. The van der Waals surface area contributed by atoms with Crippen molar-refractivity contribution in [1.82, 2.24) is 4.31 Å². The Balaban J connectivity index is 2.56. The normalized spacial score (nSPS) is 21.9. The molecule has 1 heterocycles. The van der Waals surface area contributed by atoms with Crippen molar-refractivity contribution in [2.75, 3.05) is 18.8 Å². The third-order valence-electron chi connectivity index (χ3n) is 2.38. The van der Waals surface area contributed by atoms with Crippen molar-refractivity contribution in [1.29, 1.82) is 5.26 Å². The fourth-order valence-electron chi connectivity index (χ4n) is 1.49. The van der Waals surface area contributed by atoms with Gasteiger partial charge in [0.25, 0.3) is 0 Å². The lowest BCUT2D eigenvalue weighted by atomic mass is 9.81. The van der Waals surface area contributed by atoms with Gasteiger partial charge in [0.1, 0.15) is 0 Å². The maximum absolute atomic E-state index is 11.3. The van der Waals surface area contributed by atoms with Crippen LogP contribution in [0.2, 0.25) is 0 Å². The standard InChI is InChI=1S/C8H14N2O2S/c1-3-13(11,12)10-6-8(2,7-10)4-5-9/h3-4,6-7H2,1-2H3. The van der Waals surface area contributed by atoms with Crippen LogP contribution in [0.25, 0.3) is 0 Å². The molecule has 1 aliphatic heterocycles. The fourth-order valence-corrected chi connectivity index (χ4v) is 2.87. The monoisotopic (exact) mass is 202 g/mol. The van der Waals surface area contributed by atoms with Gasteiger partial charge < -0.3 is 0 Å². The topological polar surface area (TPSA) is 61.2 Å². The van der Waals surface area contributed by atoms with Crippen LogP contribution in [0.5, 0.6) is 0 Å². The average Bonchev–Trinajstić information content (AvgIpc) is 2.00. The molecule has 0 aliphatic carbocycles. The Morgan fingerprint density at radius 1 is 1.54 bits per heavy atom. The van der Waals surface area contributed by atoms with Crippen molar-refractivity contribution in [3.63, 3.8) is 0 Å². The van der Waals surface area contributed by atoms with E-state index in [9.17, 15) is 8.42 Å². The summed E-state index contributed by atoms with van der Waals surface area (Å²) in [5, 5.41) is 8.50. The highest BCUT2D eigenvalue weighted by Crippen LogP contribution is 2.34. The highest BCUT2D eigenvalue weighted by Gasteiger charge is 2.43. The van der Waals surface area contributed by atoms with Gasteiger partial charge in [0.05, 0.1) is 11.8 Å². The lowest BCUT2D eigenvalue weighted by molar-refractivity contribution is 0.0955. The molecule has 0 unspecified atom stereocenters. The van der Waals surface area contributed by atoms with Gasteiger partial charge in [-0.2, -0.15) is 5.26 Å². The van der Waals surface area contributed by atoms with Crippen LogP contribution in [0.15, 0.2) is 0 Å². The molecule has 0 amide bonds. The first-order valence-electron chi connectivity index (χ1n) is 4.28. The molecule has 74 valence electrons. The first-order chi connectivity index (χ1) is 5.93. The first-order valence-corrected chi connectivity index (χ1v) is 5.89. The lowest BCUT2D eigenvalue weighted by Crippen LogP contribution is -2.56. The number of nitriles is 1. The van der Waals surface area contributed by atoms with Gasteiger partial charge in [0, 0.05) is 24.9 Å². The summed E-state index contributed by atoms with van der Waals surface area (Å²) in [6.45, 7) is 4.57. The minimum absolute atomic E-state index is 0.114. The molecule has 13 heavy (non-hydrogen) atoms. The van der Waals surface area contributed by atoms with Crippen LogP contribution < -0.4 is 0 Å². The zero-order valence-corrected chi connectivity index (χ0v) is 8.76. The van der Waals surface area contributed by atoms with Gasteiger partial charge in [-0.1, -0.05) is 6.92 Å². The summed E-state index contributed by atoms with van der Waals surface area (Å²) in [6.07, 6.45) is 0.433. The maximum atomic E-state index is 11.3. The number of sulfonamides is 1. The second-order valence-corrected chi connectivity index (χ2v) is 6.07. The summed E-state index contributed by atoms with van der Waals surface area (Å²) in [6, 6.07) is 2.08. The summed E-state index contributed by atoms with van der Waals surface area (Å²) in [5.74, 6) is 0.148. The van der Waals surface area contributed by atoms with Crippen molar-refractivity contribution in [2.24, 2.45) is 5.41 Å². The van der Waals surface area contributed by atoms with E-state index in [0.29, 0.717) is 19.5 Å². The second kappa shape index (κ2) is 3.28. The first kappa shape index (κ1) is 10.5. The quantitative estimate of drug-likeness (QED) is 0.672. The molecule has 5 heteroatoms. The summed E-state index contributed by atoms with van der Waals surface area (Å²) < 4.78 is 24.1. The van der Waals surface area contributed by atoms with Crippen molar-refractivity contribution in [3.8, 4) is 6.07 Å². The van der Waals surface area contributed by atoms with Crippen molar-refractivity contribution in [3.05, 3.63) is 0 Å². The minimum atomic E-state index is -3.03. The van der Waals surface area contributed by atoms with E-state index in [1.807, 2.05) is 6.92 Å². The highest BCUT2D eigenvalue weighted by atomic mass is 32.2. The Bertz CT molecular complexity index is 323. The molecular weight excluding hydrogens is 188 g/mol. The second-order valence-electron chi connectivity index (χ2n) is 3.81. The van der Waals surface area contributed by atoms with E-state index in [0.717, 1.165) is 0 Å². The molecular formula is C8H14N2O2S. The van der Waals surface area contributed by atoms with Crippen LogP contribution in [0, 0.1) is 16.7 Å². The van der Waals surface area contributed by atoms with Crippen LogP contribution >= 0.6 is 0 Å². The smallest absolute Gasteiger partial charge is 0.212 e. The lowest BCUT2D eigenvalue weighted by Gasteiger charge is -2.45. The molecule has 4 nitrogen and oxygen atoms in total. The molecule has 0 aromatic carbocycles. The number of rotatable bonds is 3.